The molecule has 0 radical (unpaired) electrons. The largest absolute Gasteiger partial charge is 0.366 e. The van der Waals surface area contributed by atoms with Gasteiger partial charge in [0, 0.05) is 25.2 Å². The van der Waals surface area contributed by atoms with Crippen molar-refractivity contribution >= 4 is 52.0 Å². The van der Waals surface area contributed by atoms with Crippen LogP contribution < -0.4 is 27.2 Å². The number of hydrogen-bond donors (Lipinski definition) is 5. The zero-order chi connectivity index (χ0) is 18.1. The van der Waals surface area contributed by atoms with Crippen molar-refractivity contribution in [2.75, 3.05) is 14.1 Å². The quantitative estimate of drug-likeness (QED) is 0.284. The smallest absolute Gasteiger partial charge is 0.248 e. The SMILES string of the molecule is CNC(=S)N/N=C(C)/C(=N/NC(=S)NC)c1ccc(C(N)=O)cc1. The van der Waals surface area contributed by atoms with Gasteiger partial charge in [-0.25, -0.2) is 0 Å². The molecule has 1 aromatic carbocycles. The molecule has 1 rings (SSSR count). The number of nitrogens with one attached hydrogen (secondary N) is 4. The van der Waals surface area contributed by atoms with Crippen molar-refractivity contribution in [3.63, 3.8) is 0 Å². The summed E-state index contributed by atoms with van der Waals surface area (Å²) in [6.07, 6.45) is 0. The molecule has 0 saturated carbocycles. The van der Waals surface area contributed by atoms with Gasteiger partial charge in [0.1, 0.15) is 5.71 Å². The molecule has 0 fully saturated rings. The summed E-state index contributed by atoms with van der Waals surface area (Å²) in [5.74, 6) is -0.499. The van der Waals surface area contributed by atoms with E-state index in [4.69, 9.17) is 30.2 Å². The fraction of sp³-hybridized carbons (Fsp3) is 0.214. The van der Waals surface area contributed by atoms with Gasteiger partial charge in [-0.15, -0.1) is 0 Å². The van der Waals surface area contributed by atoms with Crippen molar-refractivity contribution in [3.05, 3.63) is 35.4 Å². The molecule has 0 aliphatic heterocycles. The molecule has 1 aromatic rings. The van der Waals surface area contributed by atoms with Crippen LogP contribution in [0.3, 0.4) is 0 Å². The first-order valence-corrected chi connectivity index (χ1v) is 7.68. The Morgan fingerprint density at radius 2 is 1.42 bits per heavy atom. The Morgan fingerprint density at radius 1 is 0.958 bits per heavy atom. The van der Waals surface area contributed by atoms with Gasteiger partial charge in [-0.2, -0.15) is 10.2 Å². The van der Waals surface area contributed by atoms with Crippen molar-refractivity contribution < 1.29 is 4.79 Å². The van der Waals surface area contributed by atoms with Crippen molar-refractivity contribution in [2.45, 2.75) is 6.92 Å². The third-order valence-electron chi connectivity index (χ3n) is 2.83. The maximum absolute atomic E-state index is 11.2. The molecule has 0 aliphatic carbocycles. The van der Waals surface area contributed by atoms with Gasteiger partial charge >= 0.3 is 0 Å². The van der Waals surface area contributed by atoms with Crippen molar-refractivity contribution in [1.29, 1.82) is 0 Å². The number of amides is 1. The lowest BCUT2D eigenvalue weighted by molar-refractivity contribution is 0.100. The Morgan fingerprint density at radius 3 is 1.88 bits per heavy atom. The van der Waals surface area contributed by atoms with E-state index in [2.05, 4.69) is 31.7 Å². The molecule has 0 aliphatic rings. The van der Waals surface area contributed by atoms with E-state index in [1.807, 2.05) is 0 Å². The molecule has 128 valence electrons. The van der Waals surface area contributed by atoms with Gasteiger partial charge in [-0.05, 0) is 43.5 Å². The molecule has 1 amide bonds. The highest BCUT2D eigenvalue weighted by Crippen LogP contribution is 2.07. The van der Waals surface area contributed by atoms with Gasteiger partial charge in [0.05, 0.1) is 5.71 Å². The molecule has 10 heteroatoms. The van der Waals surface area contributed by atoms with Crippen LogP contribution in [0.15, 0.2) is 34.5 Å². The normalized spacial score (nSPS) is 11.5. The molecule has 6 N–H and O–H groups in total. The third kappa shape index (κ3) is 5.89. The fourth-order valence-corrected chi connectivity index (χ4v) is 1.64. The number of thiocarbonyl (C=S) groups is 2. The summed E-state index contributed by atoms with van der Waals surface area (Å²) in [7, 11) is 3.37. The van der Waals surface area contributed by atoms with Gasteiger partial charge in [0.15, 0.2) is 10.2 Å². The number of rotatable bonds is 5. The Balaban J connectivity index is 3.15. The number of carbonyl (C=O) groups excluding carboxylic acids is 1. The van der Waals surface area contributed by atoms with Crippen LogP contribution in [-0.4, -0.2) is 41.7 Å². The Labute approximate surface area is 151 Å². The van der Waals surface area contributed by atoms with Crippen LogP contribution in [-0.2, 0) is 0 Å². The van der Waals surface area contributed by atoms with Gasteiger partial charge in [0.2, 0.25) is 5.91 Å². The molecular weight excluding hydrogens is 346 g/mol. The van der Waals surface area contributed by atoms with E-state index in [0.717, 1.165) is 5.56 Å². The zero-order valence-electron chi connectivity index (χ0n) is 13.5. The maximum Gasteiger partial charge on any atom is 0.248 e. The standard InChI is InChI=1S/C14H19N7OS2/c1-8(18-20-13(23)16-2)11(19-21-14(24)17-3)9-4-6-10(7-5-9)12(15)22/h4-7H,1-3H3,(H2,15,22)(H2,16,20,23)(H2,17,21,24)/b18-8+,19-11-. The highest BCUT2D eigenvalue weighted by molar-refractivity contribution is 7.80. The molecular formula is C14H19N7OS2. The number of hydrogen-bond acceptors (Lipinski definition) is 5. The first kappa shape index (κ1) is 19.5. The predicted molar refractivity (Wildman–Crippen MR) is 104 cm³/mol. The maximum atomic E-state index is 11.2. The van der Waals surface area contributed by atoms with Gasteiger partial charge < -0.3 is 16.4 Å². The molecule has 0 saturated heterocycles. The van der Waals surface area contributed by atoms with Crippen LogP contribution >= 0.6 is 24.4 Å². The van der Waals surface area contributed by atoms with E-state index in [-0.39, 0.29) is 0 Å². The predicted octanol–water partition coefficient (Wildman–Crippen LogP) is 0.0533. The summed E-state index contributed by atoms with van der Waals surface area (Å²) in [5, 5.41) is 14.7. The molecule has 0 atom stereocenters. The van der Waals surface area contributed by atoms with Crippen molar-refractivity contribution in [1.82, 2.24) is 21.5 Å². The van der Waals surface area contributed by atoms with Crippen LogP contribution in [0.2, 0.25) is 0 Å². The number of nitrogens with two attached hydrogens (primary N) is 1. The number of benzene rings is 1. The summed E-state index contributed by atoms with van der Waals surface area (Å²) >= 11 is 9.99. The second-order valence-corrected chi connectivity index (χ2v) is 5.30. The minimum Gasteiger partial charge on any atom is -0.366 e. The number of nitrogens with zero attached hydrogens (tertiary/aromatic N) is 2. The monoisotopic (exact) mass is 365 g/mol. The fourth-order valence-electron chi connectivity index (χ4n) is 1.55. The summed E-state index contributed by atoms with van der Waals surface area (Å²) in [6.45, 7) is 1.76. The third-order valence-corrected chi connectivity index (χ3v) is 3.42. The molecule has 0 unspecified atom stereocenters. The molecule has 0 bridgehead atoms. The topological polar surface area (TPSA) is 116 Å². The van der Waals surface area contributed by atoms with Gasteiger partial charge in [-0.1, -0.05) is 12.1 Å². The Hall–Kier alpha value is -2.59. The lowest BCUT2D eigenvalue weighted by Gasteiger charge is -2.10. The van der Waals surface area contributed by atoms with Crippen LogP contribution in [0.25, 0.3) is 0 Å². The van der Waals surface area contributed by atoms with E-state index in [0.29, 0.717) is 27.2 Å². The lowest BCUT2D eigenvalue weighted by atomic mass is 10.0. The van der Waals surface area contributed by atoms with E-state index >= 15 is 0 Å². The van der Waals surface area contributed by atoms with E-state index in [1.165, 1.54) is 0 Å². The second-order valence-electron chi connectivity index (χ2n) is 4.48. The summed E-state index contributed by atoms with van der Waals surface area (Å²) in [4.78, 5) is 11.2. The minimum absolute atomic E-state index is 0.354. The van der Waals surface area contributed by atoms with Crippen molar-refractivity contribution in [2.24, 2.45) is 15.9 Å². The molecule has 8 nitrogen and oxygen atoms in total. The molecule has 0 heterocycles. The molecule has 24 heavy (non-hydrogen) atoms. The first-order chi connectivity index (χ1) is 11.4. The van der Waals surface area contributed by atoms with Crippen LogP contribution in [0.1, 0.15) is 22.8 Å². The summed E-state index contributed by atoms with van der Waals surface area (Å²) in [5.41, 5.74) is 12.9. The number of hydrazone groups is 2. The number of carbonyl (C=O) groups is 1. The minimum atomic E-state index is -0.499. The first-order valence-electron chi connectivity index (χ1n) is 6.87. The van der Waals surface area contributed by atoms with Crippen molar-refractivity contribution in [3.8, 4) is 0 Å². The highest BCUT2D eigenvalue weighted by atomic mass is 32.1. The number of primary amides is 1. The van der Waals surface area contributed by atoms with E-state index in [1.54, 1.807) is 45.3 Å². The van der Waals surface area contributed by atoms with Gasteiger partial charge in [0.25, 0.3) is 0 Å². The lowest BCUT2D eigenvalue weighted by Crippen LogP contribution is -2.32. The highest BCUT2D eigenvalue weighted by Gasteiger charge is 2.10. The van der Waals surface area contributed by atoms with E-state index < -0.39 is 5.91 Å². The summed E-state index contributed by atoms with van der Waals surface area (Å²) < 4.78 is 0. The Bertz CT molecular complexity index is 683. The molecule has 0 aromatic heterocycles. The Kier molecular flexibility index (Phi) is 7.72. The van der Waals surface area contributed by atoms with Crippen LogP contribution in [0.5, 0.6) is 0 Å². The van der Waals surface area contributed by atoms with Crippen LogP contribution in [0, 0.1) is 0 Å². The average Bonchev–Trinajstić information content (AvgIpc) is 2.59. The average molecular weight is 365 g/mol. The zero-order valence-corrected chi connectivity index (χ0v) is 15.1. The van der Waals surface area contributed by atoms with E-state index in [9.17, 15) is 4.79 Å². The molecule has 0 spiro atoms. The van der Waals surface area contributed by atoms with Gasteiger partial charge in [-0.3, -0.25) is 15.6 Å². The van der Waals surface area contributed by atoms with Crippen LogP contribution in [0.4, 0.5) is 0 Å². The second kappa shape index (κ2) is 9.53. The summed E-state index contributed by atoms with van der Waals surface area (Å²) in [6, 6.07) is 6.67.